The third-order valence-corrected chi connectivity index (χ3v) is 3.00. The van der Waals surface area contributed by atoms with E-state index < -0.39 is 4.92 Å². The normalized spacial score (nSPS) is 10.4. The van der Waals surface area contributed by atoms with Crippen molar-refractivity contribution in [2.75, 3.05) is 0 Å². The van der Waals surface area contributed by atoms with E-state index in [1.165, 1.54) is 6.07 Å². The van der Waals surface area contributed by atoms with E-state index in [1.54, 1.807) is 30.3 Å². The van der Waals surface area contributed by atoms with Crippen molar-refractivity contribution in [2.45, 2.75) is 0 Å². The molecule has 0 spiro atoms. The average Bonchev–Trinajstić information content (AvgIpc) is 2.27. The van der Waals surface area contributed by atoms with Crippen LogP contribution in [0, 0.1) is 10.1 Å². The minimum Gasteiger partial charge on any atom is -0.258 e. The van der Waals surface area contributed by atoms with Crippen LogP contribution in [-0.2, 0) is 0 Å². The molecule has 0 saturated carbocycles. The van der Waals surface area contributed by atoms with E-state index in [-0.39, 0.29) is 5.69 Å². The maximum atomic E-state index is 11.0. The molecule has 2 aromatic carbocycles. The van der Waals surface area contributed by atoms with Crippen LogP contribution in [0.2, 0.25) is 15.1 Å². The molecule has 0 saturated heterocycles. The van der Waals surface area contributed by atoms with Gasteiger partial charge in [-0.25, -0.2) is 0 Å². The molecule has 0 bridgehead atoms. The van der Waals surface area contributed by atoms with Gasteiger partial charge in [-0.05, 0) is 35.9 Å². The molecular formula is C12H6Cl3NO2. The van der Waals surface area contributed by atoms with E-state index in [9.17, 15) is 10.1 Å². The highest BCUT2D eigenvalue weighted by Gasteiger charge is 2.16. The Hall–Kier alpha value is -1.29. The molecule has 0 aliphatic heterocycles. The lowest BCUT2D eigenvalue weighted by Gasteiger charge is -2.05. The Morgan fingerprint density at radius 3 is 2.06 bits per heavy atom. The first-order valence-electron chi connectivity index (χ1n) is 4.88. The molecule has 0 amide bonds. The lowest BCUT2D eigenvalue weighted by Crippen LogP contribution is -1.92. The quantitative estimate of drug-likeness (QED) is 0.563. The summed E-state index contributed by atoms with van der Waals surface area (Å²) in [5.74, 6) is 0. The first-order chi connectivity index (χ1) is 8.47. The van der Waals surface area contributed by atoms with E-state index in [4.69, 9.17) is 34.8 Å². The van der Waals surface area contributed by atoms with Crippen molar-refractivity contribution in [3.63, 3.8) is 0 Å². The van der Waals surface area contributed by atoms with Gasteiger partial charge in [0.1, 0.15) is 0 Å². The summed E-state index contributed by atoms with van der Waals surface area (Å²) in [7, 11) is 0. The van der Waals surface area contributed by atoms with Gasteiger partial charge in [-0.1, -0.05) is 34.8 Å². The summed E-state index contributed by atoms with van der Waals surface area (Å²) in [5, 5.41) is 12.1. The second-order valence-corrected chi connectivity index (χ2v) is 4.89. The monoisotopic (exact) mass is 301 g/mol. The molecular weight excluding hydrogens is 296 g/mol. The first-order valence-corrected chi connectivity index (χ1v) is 6.01. The molecule has 0 aromatic heterocycles. The van der Waals surface area contributed by atoms with E-state index >= 15 is 0 Å². The lowest BCUT2D eigenvalue weighted by atomic mass is 10.0. The highest BCUT2D eigenvalue weighted by atomic mass is 35.5. The zero-order chi connectivity index (χ0) is 13.3. The van der Waals surface area contributed by atoms with E-state index in [0.29, 0.717) is 26.2 Å². The Bertz CT molecular complexity index is 608. The maximum Gasteiger partial charge on any atom is 0.278 e. The van der Waals surface area contributed by atoms with E-state index in [1.807, 2.05) is 0 Å². The number of rotatable bonds is 2. The summed E-state index contributed by atoms with van der Waals surface area (Å²) in [4.78, 5) is 10.5. The predicted octanol–water partition coefficient (Wildman–Crippen LogP) is 5.22. The van der Waals surface area contributed by atoms with Gasteiger partial charge in [0.15, 0.2) is 0 Å². The Morgan fingerprint density at radius 2 is 1.50 bits per heavy atom. The van der Waals surface area contributed by atoms with Crippen LogP contribution in [0.15, 0.2) is 36.4 Å². The van der Waals surface area contributed by atoms with Crippen LogP contribution < -0.4 is 0 Å². The number of nitro benzene ring substituents is 1. The molecule has 0 unspecified atom stereocenters. The zero-order valence-electron chi connectivity index (χ0n) is 8.86. The van der Waals surface area contributed by atoms with Crippen LogP contribution in [0.5, 0.6) is 0 Å². The van der Waals surface area contributed by atoms with Gasteiger partial charge in [0.05, 0.1) is 10.5 Å². The molecule has 0 heterocycles. The molecule has 0 radical (unpaired) electrons. The van der Waals surface area contributed by atoms with Gasteiger partial charge in [-0.2, -0.15) is 0 Å². The summed E-state index contributed by atoms with van der Waals surface area (Å²) >= 11 is 17.5. The fraction of sp³-hybridized carbons (Fsp3) is 0. The van der Waals surface area contributed by atoms with Crippen LogP contribution >= 0.6 is 34.8 Å². The van der Waals surface area contributed by atoms with Gasteiger partial charge in [-0.15, -0.1) is 0 Å². The van der Waals surface area contributed by atoms with Crippen LogP contribution in [-0.4, -0.2) is 4.92 Å². The number of hydrogen-bond donors (Lipinski definition) is 0. The van der Waals surface area contributed by atoms with Gasteiger partial charge >= 0.3 is 0 Å². The largest absolute Gasteiger partial charge is 0.278 e. The third kappa shape index (κ3) is 2.75. The molecule has 0 atom stereocenters. The second-order valence-electron chi connectivity index (χ2n) is 3.58. The smallest absolute Gasteiger partial charge is 0.258 e. The van der Waals surface area contributed by atoms with E-state index in [2.05, 4.69) is 0 Å². The fourth-order valence-electron chi connectivity index (χ4n) is 1.61. The van der Waals surface area contributed by atoms with Gasteiger partial charge in [-0.3, -0.25) is 10.1 Å². The molecule has 0 aliphatic rings. The molecule has 2 aromatic rings. The first kappa shape index (κ1) is 13.1. The Morgan fingerprint density at radius 1 is 0.889 bits per heavy atom. The average molecular weight is 303 g/mol. The molecule has 6 heteroatoms. The molecule has 0 N–H and O–H groups in total. The Labute approximate surface area is 118 Å². The van der Waals surface area contributed by atoms with Gasteiger partial charge in [0, 0.05) is 21.1 Å². The molecule has 0 aliphatic carbocycles. The Kier molecular flexibility index (Phi) is 3.76. The second kappa shape index (κ2) is 5.14. The maximum absolute atomic E-state index is 11.0. The van der Waals surface area contributed by atoms with Gasteiger partial charge in [0.2, 0.25) is 0 Å². The number of nitrogens with zero attached hydrogens (tertiary/aromatic N) is 1. The summed E-state index contributed by atoms with van der Waals surface area (Å²) in [6, 6.07) is 9.24. The van der Waals surface area contributed by atoms with Crippen molar-refractivity contribution >= 4 is 40.5 Å². The summed E-state index contributed by atoms with van der Waals surface area (Å²) in [6.45, 7) is 0. The minimum absolute atomic E-state index is 0.0826. The number of halogens is 3. The summed E-state index contributed by atoms with van der Waals surface area (Å²) in [5.41, 5.74) is 0.922. The van der Waals surface area contributed by atoms with Crippen molar-refractivity contribution in [1.82, 2.24) is 0 Å². The summed E-state index contributed by atoms with van der Waals surface area (Å²) < 4.78 is 0. The highest BCUT2D eigenvalue weighted by Crippen LogP contribution is 2.34. The van der Waals surface area contributed by atoms with Crippen molar-refractivity contribution in [1.29, 1.82) is 0 Å². The number of hydrogen-bond acceptors (Lipinski definition) is 2. The standard InChI is InChI=1S/C12H6Cl3NO2/c13-8-1-2-11(12(6-8)16(17)18)7-3-9(14)5-10(15)4-7/h1-6H. The molecule has 2 rings (SSSR count). The fourth-order valence-corrected chi connectivity index (χ4v) is 2.30. The predicted molar refractivity (Wildman–Crippen MR) is 73.6 cm³/mol. The topological polar surface area (TPSA) is 43.1 Å². The van der Waals surface area contributed by atoms with Gasteiger partial charge < -0.3 is 0 Å². The molecule has 3 nitrogen and oxygen atoms in total. The van der Waals surface area contributed by atoms with Crippen LogP contribution in [0.4, 0.5) is 5.69 Å². The van der Waals surface area contributed by atoms with Crippen LogP contribution in [0.25, 0.3) is 11.1 Å². The van der Waals surface area contributed by atoms with Crippen LogP contribution in [0.1, 0.15) is 0 Å². The summed E-state index contributed by atoms with van der Waals surface area (Å²) in [6.07, 6.45) is 0. The molecule has 92 valence electrons. The van der Waals surface area contributed by atoms with Crippen molar-refractivity contribution < 1.29 is 4.92 Å². The molecule has 0 fully saturated rings. The van der Waals surface area contributed by atoms with Crippen LogP contribution in [0.3, 0.4) is 0 Å². The minimum atomic E-state index is -0.490. The number of benzene rings is 2. The van der Waals surface area contributed by atoms with Crippen molar-refractivity contribution in [3.05, 3.63) is 61.6 Å². The lowest BCUT2D eigenvalue weighted by molar-refractivity contribution is -0.384. The van der Waals surface area contributed by atoms with Crippen molar-refractivity contribution in [3.8, 4) is 11.1 Å². The number of nitro groups is 1. The van der Waals surface area contributed by atoms with Gasteiger partial charge in [0.25, 0.3) is 5.69 Å². The third-order valence-electron chi connectivity index (χ3n) is 2.33. The SMILES string of the molecule is O=[N+]([O-])c1cc(Cl)ccc1-c1cc(Cl)cc(Cl)c1. The zero-order valence-corrected chi connectivity index (χ0v) is 11.1. The molecule has 18 heavy (non-hydrogen) atoms. The Balaban J connectivity index is 2.66. The van der Waals surface area contributed by atoms with Crippen molar-refractivity contribution in [2.24, 2.45) is 0 Å². The van der Waals surface area contributed by atoms with E-state index in [0.717, 1.165) is 0 Å². The highest BCUT2D eigenvalue weighted by molar-refractivity contribution is 6.35.